The zero-order valence-corrected chi connectivity index (χ0v) is 13.1. The van der Waals surface area contributed by atoms with Gasteiger partial charge in [-0.3, -0.25) is 4.79 Å². The van der Waals surface area contributed by atoms with Crippen molar-refractivity contribution in [2.75, 3.05) is 26.2 Å². The minimum atomic E-state index is -0.372. The van der Waals surface area contributed by atoms with Gasteiger partial charge in [0.2, 0.25) is 5.91 Å². The maximum Gasteiger partial charge on any atom is 0.237 e. The molecule has 0 aromatic carbocycles. The fraction of sp³-hybridized carbons (Fsp3) is 0.917. The van der Waals surface area contributed by atoms with E-state index in [-0.39, 0.29) is 42.7 Å². The Kier molecular flexibility index (Phi) is 11.1. The summed E-state index contributed by atoms with van der Waals surface area (Å²) in [6.45, 7) is 10.3. The van der Waals surface area contributed by atoms with Gasteiger partial charge in [-0.15, -0.1) is 24.8 Å². The molecule has 1 aliphatic rings. The Morgan fingerprint density at radius 3 is 2.50 bits per heavy atom. The Bertz CT molecular complexity index is 239. The zero-order valence-electron chi connectivity index (χ0n) is 11.5. The quantitative estimate of drug-likeness (QED) is 0.804. The van der Waals surface area contributed by atoms with Crippen LogP contribution in [0.15, 0.2) is 0 Å². The monoisotopic (exact) mass is 299 g/mol. The minimum Gasteiger partial charge on any atom is -0.354 e. The van der Waals surface area contributed by atoms with Gasteiger partial charge in [0.05, 0.1) is 6.04 Å². The molecule has 0 saturated carbocycles. The summed E-state index contributed by atoms with van der Waals surface area (Å²) in [5.74, 6) is 0.795. The number of hydrogen-bond donors (Lipinski definition) is 2. The van der Waals surface area contributed by atoms with Gasteiger partial charge in [-0.2, -0.15) is 0 Å². The summed E-state index contributed by atoms with van der Waals surface area (Å²) in [5, 5.41) is 2.96. The Morgan fingerprint density at radius 1 is 1.44 bits per heavy atom. The van der Waals surface area contributed by atoms with Crippen molar-refractivity contribution >= 4 is 30.7 Å². The fourth-order valence-electron chi connectivity index (χ4n) is 2.03. The van der Waals surface area contributed by atoms with E-state index in [1.54, 1.807) is 0 Å². The summed E-state index contributed by atoms with van der Waals surface area (Å²) in [6, 6.07) is -0.372. The number of nitrogens with one attached hydrogen (secondary N) is 1. The lowest BCUT2D eigenvalue weighted by Gasteiger charge is -2.18. The van der Waals surface area contributed by atoms with Gasteiger partial charge < -0.3 is 16.0 Å². The number of carbonyl (C=O) groups excluding carboxylic acids is 1. The van der Waals surface area contributed by atoms with Crippen LogP contribution < -0.4 is 11.1 Å². The largest absolute Gasteiger partial charge is 0.354 e. The summed E-state index contributed by atoms with van der Waals surface area (Å²) < 4.78 is 0. The van der Waals surface area contributed by atoms with E-state index in [2.05, 4.69) is 17.1 Å². The molecule has 0 aliphatic carbocycles. The van der Waals surface area contributed by atoms with E-state index >= 15 is 0 Å². The molecule has 110 valence electrons. The van der Waals surface area contributed by atoms with Crippen LogP contribution in [0.3, 0.4) is 0 Å². The van der Waals surface area contributed by atoms with Crippen molar-refractivity contribution in [2.45, 2.75) is 33.2 Å². The highest BCUT2D eigenvalue weighted by Crippen LogP contribution is 2.14. The highest BCUT2D eigenvalue weighted by Gasteiger charge is 2.23. The van der Waals surface area contributed by atoms with Crippen molar-refractivity contribution in [3.05, 3.63) is 0 Å². The Labute approximate surface area is 123 Å². The number of likely N-dealkylation sites (tertiary alicyclic amines) is 1. The number of rotatable bonds is 5. The van der Waals surface area contributed by atoms with Crippen molar-refractivity contribution in [1.82, 2.24) is 10.2 Å². The third-order valence-corrected chi connectivity index (χ3v) is 3.40. The molecule has 6 heteroatoms. The first-order valence-electron chi connectivity index (χ1n) is 6.30. The number of halogens is 2. The summed E-state index contributed by atoms with van der Waals surface area (Å²) >= 11 is 0. The van der Waals surface area contributed by atoms with Gasteiger partial charge in [-0.05, 0) is 31.3 Å². The second kappa shape index (κ2) is 9.84. The first-order chi connectivity index (χ1) is 7.54. The van der Waals surface area contributed by atoms with Crippen LogP contribution in [0.2, 0.25) is 0 Å². The molecule has 0 aromatic rings. The number of nitrogens with two attached hydrogens (primary N) is 1. The van der Waals surface area contributed by atoms with Crippen LogP contribution in [0.25, 0.3) is 0 Å². The Balaban J connectivity index is 0. The molecule has 1 fully saturated rings. The molecular weight excluding hydrogens is 273 g/mol. The molecule has 1 saturated heterocycles. The lowest BCUT2D eigenvalue weighted by atomic mass is 10.0. The van der Waals surface area contributed by atoms with E-state index in [1.165, 1.54) is 6.42 Å². The number of carbonyl (C=O) groups is 1. The van der Waals surface area contributed by atoms with Crippen molar-refractivity contribution in [3.63, 3.8) is 0 Å². The Hall–Kier alpha value is -0.0300. The topological polar surface area (TPSA) is 58.4 Å². The fourth-order valence-corrected chi connectivity index (χ4v) is 2.03. The summed E-state index contributed by atoms with van der Waals surface area (Å²) in [5.41, 5.74) is 5.78. The van der Waals surface area contributed by atoms with Crippen LogP contribution in [0.5, 0.6) is 0 Å². The van der Waals surface area contributed by atoms with Gasteiger partial charge in [0, 0.05) is 13.1 Å². The SMILES string of the molecule is CCN1CCC(CNC(=O)C(N)C(C)C)C1.Cl.Cl. The van der Waals surface area contributed by atoms with Gasteiger partial charge >= 0.3 is 0 Å². The average Bonchev–Trinajstić information content (AvgIpc) is 2.72. The summed E-state index contributed by atoms with van der Waals surface area (Å²) in [7, 11) is 0. The minimum absolute atomic E-state index is 0. The standard InChI is InChI=1S/C12H25N3O.2ClH/c1-4-15-6-5-10(8-15)7-14-12(16)11(13)9(2)3;;/h9-11H,4-8,13H2,1-3H3,(H,14,16);2*1H. The molecule has 1 heterocycles. The van der Waals surface area contributed by atoms with Gasteiger partial charge in [-0.25, -0.2) is 0 Å². The predicted molar refractivity (Wildman–Crippen MR) is 80.5 cm³/mol. The lowest BCUT2D eigenvalue weighted by Crippen LogP contribution is -2.45. The molecular formula is C12H27Cl2N3O. The van der Waals surface area contributed by atoms with Gasteiger partial charge in [0.25, 0.3) is 0 Å². The summed E-state index contributed by atoms with van der Waals surface area (Å²) in [4.78, 5) is 14.1. The lowest BCUT2D eigenvalue weighted by molar-refractivity contribution is -0.123. The van der Waals surface area contributed by atoms with Gasteiger partial charge in [-0.1, -0.05) is 20.8 Å². The van der Waals surface area contributed by atoms with Crippen molar-refractivity contribution in [3.8, 4) is 0 Å². The molecule has 4 nitrogen and oxygen atoms in total. The normalized spacial score (nSPS) is 21.1. The maximum atomic E-state index is 11.6. The van der Waals surface area contributed by atoms with Crippen LogP contribution in [0.1, 0.15) is 27.2 Å². The average molecular weight is 300 g/mol. The molecule has 2 unspecified atom stereocenters. The maximum absolute atomic E-state index is 11.6. The van der Waals surface area contributed by atoms with E-state index in [1.807, 2.05) is 13.8 Å². The smallest absolute Gasteiger partial charge is 0.237 e. The number of nitrogens with zero attached hydrogens (tertiary/aromatic N) is 1. The van der Waals surface area contributed by atoms with Crippen LogP contribution in [-0.2, 0) is 4.79 Å². The van der Waals surface area contributed by atoms with E-state index in [4.69, 9.17) is 5.73 Å². The van der Waals surface area contributed by atoms with Crippen LogP contribution in [0, 0.1) is 11.8 Å². The Morgan fingerprint density at radius 2 is 2.06 bits per heavy atom. The molecule has 1 rings (SSSR count). The second-order valence-corrected chi connectivity index (χ2v) is 5.06. The molecule has 0 aromatic heterocycles. The van der Waals surface area contributed by atoms with E-state index < -0.39 is 0 Å². The molecule has 0 spiro atoms. The second-order valence-electron chi connectivity index (χ2n) is 5.06. The van der Waals surface area contributed by atoms with Crippen LogP contribution >= 0.6 is 24.8 Å². The molecule has 1 aliphatic heterocycles. The predicted octanol–water partition coefficient (Wildman–Crippen LogP) is 1.27. The molecule has 0 bridgehead atoms. The van der Waals surface area contributed by atoms with Crippen molar-refractivity contribution < 1.29 is 4.79 Å². The van der Waals surface area contributed by atoms with Gasteiger partial charge in [0.15, 0.2) is 0 Å². The van der Waals surface area contributed by atoms with Crippen LogP contribution in [-0.4, -0.2) is 43.0 Å². The van der Waals surface area contributed by atoms with E-state index in [0.29, 0.717) is 5.92 Å². The number of amides is 1. The third kappa shape index (κ3) is 6.23. The highest BCUT2D eigenvalue weighted by atomic mass is 35.5. The highest BCUT2D eigenvalue weighted by molar-refractivity contribution is 5.85. The van der Waals surface area contributed by atoms with Crippen molar-refractivity contribution in [2.24, 2.45) is 17.6 Å². The molecule has 0 radical (unpaired) electrons. The van der Waals surface area contributed by atoms with E-state index in [9.17, 15) is 4.79 Å². The number of hydrogen-bond acceptors (Lipinski definition) is 3. The molecule has 2 atom stereocenters. The van der Waals surface area contributed by atoms with Gasteiger partial charge in [0.1, 0.15) is 0 Å². The molecule has 3 N–H and O–H groups in total. The van der Waals surface area contributed by atoms with Crippen LogP contribution in [0.4, 0.5) is 0 Å². The first kappa shape index (κ1) is 20.3. The van der Waals surface area contributed by atoms with E-state index in [0.717, 1.165) is 26.2 Å². The first-order valence-corrected chi connectivity index (χ1v) is 6.30. The molecule has 1 amide bonds. The van der Waals surface area contributed by atoms with Crippen molar-refractivity contribution in [1.29, 1.82) is 0 Å². The summed E-state index contributed by atoms with van der Waals surface area (Å²) in [6.07, 6.45) is 1.19. The zero-order chi connectivity index (χ0) is 12.1. The molecule has 18 heavy (non-hydrogen) atoms. The third-order valence-electron chi connectivity index (χ3n) is 3.40.